The second-order valence-electron chi connectivity index (χ2n) is 7.25. The zero-order chi connectivity index (χ0) is 20.0. The van der Waals surface area contributed by atoms with Gasteiger partial charge in [0.05, 0.1) is 14.2 Å². The Labute approximate surface area is 159 Å². The van der Waals surface area contributed by atoms with Gasteiger partial charge in [-0.1, -0.05) is 39.0 Å². The van der Waals surface area contributed by atoms with E-state index >= 15 is 0 Å². The lowest BCUT2D eigenvalue weighted by molar-refractivity contribution is -0.142. The molecule has 0 unspecified atom stereocenters. The van der Waals surface area contributed by atoms with Gasteiger partial charge in [-0.05, 0) is 29.2 Å². The molecule has 0 radical (unpaired) electrons. The predicted molar refractivity (Wildman–Crippen MR) is 103 cm³/mol. The van der Waals surface area contributed by atoms with Gasteiger partial charge >= 0.3 is 5.97 Å². The second-order valence-corrected chi connectivity index (χ2v) is 7.25. The minimum atomic E-state index is -0.845. The van der Waals surface area contributed by atoms with Crippen molar-refractivity contribution < 1.29 is 19.1 Å². The Morgan fingerprint density at radius 1 is 1.11 bits per heavy atom. The summed E-state index contributed by atoms with van der Waals surface area (Å²) in [4.78, 5) is 28.9. The molecule has 1 heterocycles. The van der Waals surface area contributed by atoms with Gasteiger partial charge in [0.1, 0.15) is 6.04 Å². The van der Waals surface area contributed by atoms with Gasteiger partial charge in [0.2, 0.25) is 5.88 Å². The summed E-state index contributed by atoms with van der Waals surface area (Å²) in [6.07, 6.45) is 1.82. The average Bonchev–Trinajstić information content (AvgIpc) is 2.66. The van der Waals surface area contributed by atoms with Crippen LogP contribution in [0.2, 0.25) is 0 Å². The summed E-state index contributed by atoms with van der Waals surface area (Å²) in [7, 11) is 2.80. The highest BCUT2D eigenvalue weighted by Crippen LogP contribution is 2.22. The van der Waals surface area contributed by atoms with Gasteiger partial charge < -0.3 is 14.8 Å². The van der Waals surface area contributed by atoms with Gasteiger partial charge in [-0.15, -0.1) is 0 Å². The van der Waals surface area contributed by atoms with Crippen molar-refractivity contribution >= 4 is 11.9 Å². The Bertz CT molecular complexity index is 795. The number of aromatic nitrogens is 1. The van der Waals surface area contributed by atoms with E-state index < -0.39 is 12.0 Å². The third-order valence-corrected chi connectivity index (χ3v) is 4.27. The van der Waals surface area contributed by atoms with E-state index in [4.69, 9.17) is 9.47 Å². The topological polar surface area (TPSA) is 77.5 Å². The third-order valence-electron chi connectivity index (χ3n) is 4.27. The zero-order valence-electron chi connectivity index (χ0n) is 16.4. The molecule has 6 nitrogen and oxygen atoms in total. The van der Waals surface area contributed by atoms with Gasteiger partial charge in [-0.2, -0.15) is 0 Å². The maximum atomic E-state index is 12.6. The number of rotatable bonds is 6. The van der Waals surface area contributed by atoms with E-state index in [1.165, 1.54) is 14.2 Å². The fourth-order valence-electron chi connectivity index (χ4n) is 2.68. The van der Waals surface area contributed by atoms with Crippen LogP contribution in [-0.4, -0.2) is 37.1 Å². The van der Waals surface area contributed by atoms with Gasteiger partial charge in [-0.3, -0.25) is 4.79 Å². The molecule has 0 bridgehead atoms. The summed E-state index contributed by atoms with van der Waals surface area (Å²) < 4.78 is 10.1. The second kappa shape index (κ2) is 8.66. The van der Waals surface area contributed by atoms with Gasteiger partial charge in [-0.25, -0.2) is 9.78 Å². The first-order chi connectivity index (χ1) is 12.8. The highest BCUT2D eigenvalue weighted by molar-refractivity contribution is 5.96. The lowest BCUT2D eigenvalue weighted by Crippen LogP contribution is -2.43. The predicted octanol–water partition coefficient (Wildman–Crippen LogP) is 2.90. The number of carbonyl (C=O) groups excluding carboxylic acids is 2. The van der Waals surface area contributed by atoms with Crippen LogP contribution >= 0.6 is 0 Å². The smallest absolute Gasteiger partial charge is 0.328 e. The van der Waals surface area contributed by atoms with Gasteiger partial charge in [0, 0.05) is 23.7 Å². The average molecular weight is 370 g/mol. The Morgan fingerprint density at radius 3 is 2.33 bits per heavy atom. The highest BCUT2D eigenvalue weighted by atomic mass is 16.5. The van der Waals surface area contributed by atoms with Crippen molar-refractivity contribution in [2.24, 2.45) is 0 Å². The molecule has 144 valence electrons. The number of hydrogen-bond donors (Lipinski definition) is 1. The van der Waals surface area contributed by atoms with Crippen molar-refractivity contribution in [2.45, 2.75) is 38.6 Å². The van der Waals surface area contributed by atoms with E-state index in [1.54, 1.807) is 30.5 Å². The molecule has 27 heavy (non-hydrogen) atoms. The number of nitrogens with one attached hydrogen (secondary N) is 1. The molecule has 0 saturated carbocycles. The first-order valence-corrected chi connectivity index (χ1v) is 8.73. The summed E-state index contributed by atoms with van der Waals surface area (Å²) in [6, 6.07) is 10.1. The lowest BCUT2D eigenvalue weighted by atomic mass is 9.86. The number of esters is 1. The summed E-state index contributed by atoms with van der Waals surface area (Å²) in [6.45, 7) is 6.32. The molecule has 0 aliphatic rings. The molecule has 0 spiro atoms. The van der Waals surface area contributed by atoms with Crippen molar-refractivity contribution in [3.05, 3.63) is 59.3 Å². The van der Waals surface area contributed by atoms with Crippen molar-refractivity contribution in [3.8, 4) is 5.88 Å². The van der Waals surface area contributed by atoms with Crippen LogP contribution in [0.5, 0.6) is 5.88 Å². The van der Waals surface area contributed by atoms with Crippen molar-refractivity contribution in [2.75, 3.05) is 14.2 Å². The van der Waals surface area contributed by atoms with Crippen LogP contribution in [-0.2, 0) is 21.4 Å². The number of benzene rings is 1. The fraction of sp³-hybridized carbons (Fsp3) is 0.381. The van der Waals surface area contributed by atoms with Crippen molar-refractivity contribution in [3.63, 3.8) is 0 Å². The number of hydrogen-bond acceptors (Lipinski definition) is 5. The fourth-order valence-corrected chi connectivity index (χ4v) is 2.68. The summed E-state index contributed by atoms with van der Waals surface area (Å²) in [5.74, 6) is -0.454. The maximum absolute atomic E-state index is 12.6. The number of methoxy groups -OCH3 is 2. The normalized spacial score (nSPS) is 12.2. The molecule has 0 saturated heterocycles. The molecule has 1 aromatic carbocycles. The monoisotopic (exact) mass is 370 g/mol. The molecule has 1 N–H and O–H groups in total. The largest absolute Gasteiger partial charge is 0.481 e. The Kier molecular flexibility index (Phi) is 6.55. The number of pyridine rings is 1. The highest BCUT2D eigenvalue weighted by Gasteiger charge is 2.24. The van der Waals surface area contributed by atoms with Crippen molar-refractivity contribution in [1.29, 1.82) is 0 Å². The van der Waals surface area contributed by atoms with Gasteiger partial charge in [0.15, 0.2) is 0 Å². The molecular formula is C21H26N2O4. The summed E-state index contributed by atoms with van der Waals surface area (Å²) in [5, 5.41) is 2.75. The molecule has 0 aliphatic carbocycles. The van der Waals surface area contributed by atoms with Crippen LogP contribution in [0.25, 0.3) is 0 Å². The number of ether oxygens (including phenoxy) is 2. The molecular weight excluding hydrogens is 344 g/mol. The molecule has 2 aromatic rings. The first-order valence-electron chi connectivity index (χ1n) is 8.73. The van der Waals surface area contributed by atoms with Crippen LogP contribution in [0, 0.1) is 0 Å². The van der Waals surface area contributed by atoms with Crippen LogP contribution in [0.1, 0.15) is 42.3 Å². The Morgan fingerprint density at radius 2 is 1.78 bits per heavy atom. The van der Waals surface area contributed by atoms with E-state index in [-0.39, 0.29) is 17.7 Å². The first kappa shape index (κ1) is 20.4. The van der Waals surface area contributed by atoms with Crippen LogP contribution < -0.4 is 10.1 Å². The molecule has 2 rings (SSSR count). The zero-order valence-corrected chi connectivity index (χ0v) is 16.4. The number of amides is 1. The molecule has 1 aromatic heterocycles. The Balaban J connectivity index is 2.18. The van der Waals surface area contributed by atoms with E-state index in [2.05, 4.69) is 31.1 Å². The summed E-state index contributed by atoms with van der Waals surface area (Å²) in [5.41, 5.74) is 2.32. The van der Waals surface area contributed by atoms with E-state index in [0.717, 1.165) is 5.56 Å². The quantitative estimate of drug-likeness (QED) is 0.791. The van der Waals surface area contributed by atoms with Gasteiger partial charge in [0.25, 0.3) is 5.91 Å². The van der Waals surface area contributed by atoms with E-state index in [9.17, 15) is 9.59 Å². The molecule has 0 aliphatic heterocycles. The SMILES string of the molecule is COC(=O)[C@@H](Cc1cccnc1OC)NC(=O)c1ccc(C(C)(C)C)cc1. The van der Waals surface area contributed by atoms with Crippen LogP contribution in [0.15, 0.2) is 42.6 Å². The minimum Gasteiger partial charge on any atom is -0.481 e. The number of nitrogens with zero attached hydrogens (tertiary/aromatic N) is 1. The van der Waals surface area contributed by atoms with E-state index in [0.29, 0.717) is 17.0 Å². The molecule has 6 heteroatoms. The van der Waals surface area contributed by atoms with Crippen molar-refractivity contribution in [1.82, 2.24) is 10.3 Å². The van der Waals surface area contributed by atoms with Crippen LogP contribution in [0.3, 0.4) is 0 Å². The van der Waals surface area contributed by atoms with Crippen LogP contribution in [0.4, 0.5) is 0 Å². The standard InChI is InChI=1S/C21H26N2O4/c1-21(2,3)16-10-8-14(9-11-16)18(24)23-17(20(25)27-5)13-15-7-6-12-22-19(15)26-4/h6-12,17H,13H2,1-5H3,(H,23,24)/t17-/m1/s1. The third kappa shape index (κ3) is 5.29. The maximum Gasteiger partial charge on any atom is 0.328 e. The lowest BCUT2D eigenvalue weighted by Gasteiger charge is -2.20. The Hall–Kier alpha value is -2.89. The minimum absolute atomic E-state index is 0.000418. The van der Waals surface area contributed by atoms with E-state index in [1.807, 2.05) is 12.1 Å². The molecule has 1 atom stereocenters. The summed E-state index contributed by atoms with van der Waals surface area (Å²) >= 11 is 0. The number of carbonyl (C=O) groups is 2. The molecule has 0 fully saturated rings. The molecule has 1 amide bonds.